The Bertz CT molecular complexity index is 8250. The van der Waals surface area contributed by atoms with Gasteiger partial charge in [-0.25, -0.2) is 54.8 Å². The number of nitrogens with zero attached hydrogens (tertiary/aromatic N) is 12. The summed E-state index contributed by atoms with van der Waals surface area (Å²) in [6, 6.07) is 116. The molecule has 0 spiro atoms. The van der Waals surface area contributed by atoms with Crippen molar-refractivity contribution < 1.29 is 40.8 Å². The van der Waals surface area contributed by atoms with Crippen LogP contribution >= 0.6 is 0 Å². The number of hydrogen-bond donors (Lipinski definition) is 6. The minimum absolute atomic E-state index is 0.0141. The Kier molecular flexibility index (Phi) is 30.6. The molecule has 8 aromatic heterocycles. The van der Waals surface area contributed by atoms with Gasteiger partial charge in [0, 0.05) is 123 Å². The van der Waals surface area contributed by atoms with Gasteiger partial charge in [0.2, 0.25) is 40.6 Å². The van der Waals surface area contributed by atoms with E-state index in [0.717, 1.165) is 112 Å². The van der Waals surface area contributed by atoms with Crippen molar-refractivity contribution in [1.29, 1.82) is 0 Å². The highest BCUT2D eigenvalue weighted by molar-refractivity contribution is 7.91. The SMILES string of the molecule is C=C(N)c1ccc(CC(=O)c2nc(NCc3ccccc3)c3c(-c4ccccc4)ccn3n2)cc1.CC(=O)c1ccccc1CC(=O)c1nc(NCc2ccccc2)c2c(-c3ccccc3)ccn2n1.CS(=O)(=O)c1ccc(CCNC(=O)c2nc(NCc3ccccc3)c3c(-c4ccccc4)ccn3n2)cc1.CS(=O)(=O)c1cccc(CC(=O)c2nc(NCc3ccccc3)c3c(-c4ccccc4)ccn3n2)c1. The Morgan fingerprint density at radius 2 is 0.625 bits per heavy atom. The van der Waals surface area contributed by atoms with Gasteiger partial charge in [-0.15, -0.1) is 20.4 Å². The van der Waals surface area contributed by atoms with Crippen molar-refractivity contribution in [3.63, 3.8) is 0 Å². The first-order chi connectivity index (χ1) is 69.9. The van der Waals surface area contributed by atoms with Gasteiger partial charge < -0.3 is 32.3 Å². The van der Waals surface area contributed by atoms with Crippen molar-refractivity contribution in [2.75, 3.05) is 40.3 Å². The molecule has 0 atom stereocenters. The van der Waals surface area contributed by atoms with Crippen LogP contribution in [0.2, 0.25) is 0 Å². The van der Waals surface area contributed by atoms with Gasteiger partial charge >= 0.3 is 0 Å². The fourth-order valence-electron chi connectivity index (χ4n) is 16.4. The highest BCUT2D eigenvalue weighted by atomic mass is 32.2. The van der Waals surface area contributed by atoms with Crippen LogP contribution in [0.1, 0.15) is 110 Å². The first-order valence-electron chi connectivity index (χ1n) is 46.4. The number of amides is 1. The van der Waals surface area contributed by atoms with Crippen molar-refractivity contribution in [3.05, 3.63) is 474 Å². The molecule has 0 unspecified atom stereocenters. The summed E-state index contributed by atoms with van der Waals surface area (Å²) >= 11 is 0. The zero-order valence-corrected chi connectivity index (χ0v) is 80.6. The molecule has 20 rings (SSSR count). The molecule has 7 N–H and O–H groups in total. The van der Waals surface area contributed by atoms with Crippen molar-refractivity contribution in [2.45, 2.75) is 68.6 Å². The van der Waals surface area contributed by atoms with Crippen molar-refractivity contribution >= 4 is 99.7 Å². The largest absolute Gasteiger partial charge is 0.399 e. The number of hydrogen-bond acceptors (Lipinski definition) is 22. The van der Waals surface area contributed by atoms with Crippen LogP contribution in [0.3, 0.4) is 0 Å². The van der Waals surface area contributed by atoms with E-state index in [9.17, 15) is 40.8 Å². The molecule has 716 valence electrons. The van der Waals surface area contributed by atoms with Crippen LogP contribution < -0.4 is 32.3 Å². The molecule has 27 nitrogen and oxygen atoms in total. The molecule has 0 saturated heterocycles. The Labute approximate surface area is 832 Å². The quantitative estimate of drug-likeness (QED) is 0.0208. The van der Waals surface area contributed by atoms with E-state index in [-0.39, 0.29) is 75.5 Å². The van der Waals surface area contributed by atoms with Crippen LogP contribution in [-0.4, -0.2) is 123 Å². The number of nitrogens with two attached hydrogens (primary N) is 1. The number of rotatable bonds is 33. The van der Waals surface area contributed by atoms with E-state index in [1.165, 1.54) is 25.3 Å². The molecule has 144 heavy (non-hydrogen) atoms. The van der Waals surface area contributed by atoms with Crippen LogP contribution in [0.25, 0.3) is 72.3 Å². The monoisotopic (exact) mass is 1940 g/mol. The van der Waals surface area contributed by atoms with Crippen LogP contribution in [0.15, 0.2) is 405 Å². The van der Waals surface area contributed by atoms with Gasteiger partial charge in [0.15, 0.2) is 48.7 Å². The molecular weight excluding hydrogens is 1840 g/mol. The van der Waals surface area contributed by atoms with Gasteiger partial charge in [0.05, 0.1) is 9.79 Å². The van der Waals surface area contributed by atoms with Crippen LogP contribution in [0, 0.1) is 0 Å². The molecule has 0 fully saturated rings. The lowest BCUT2D eigenvalue weighted by molar-refractivity contribution is 0.0938. The molecule has 0 aliphatic heterocycles. The fraction of sp³-hybridized carbons (Fsp3) is 0.104. The van der Waals surface area contributed by atoms with Gasteiger partial charge in [-0.1, -0.05) is 322 Å². The number of nitrogens with one attached hydrogen (secondary N) is 5. The minimum Gasteiger partial charge on any atom is -0.399 e. The number of aromatic nitrogens is 12. The predicted molar refractivity (Wildman–Crippen MR) is 564 cm³/mol. The topological polar surface area (TPSA) is 361 Å². The number of carbonyl (C=O) groups excluding carboxylic acids is 5. The van der Waals surface area contributed by atoms with Crippen molar-refractivity contribution in [3.8, 4) is 44.5 Å². The minimum atomic E-state index is -3.38. The zero-order valence-electron chi connectivity index (χ0n) is 79.0. The number of ketones is 4. The van der Waals surface area contributed by atoms with Crippen molar-refractivity contribution in [1.82, 2.24) is 63.7 Å². The molecule has 8 heterocycles. The Hall–Kier alpha value is -18.1. The lowest BCUT2D eigenvalue weighted by Crippen LogP contribution is -2.28. The first kappa shape index (κ1) is 97.6. The number of fused-ring (bicyclic) bond motifs is 4. The van der Waals surface area contributed by atoms with E-state index >= 15 is 0 Å². The maximum Gasteiger partial charge on any atom is 0.291 e. The molecule has 0 bridgehead atoms. The number of sulfone groups is 2. The Balaban J connectivity index is 0.000000132. The third-order valence-corrected chi connectivity index (χ3v) is 26.0. The number of benzene rings is 12. The molecule has 0 aliphatic carbocycles. The van der Waals surface area contributed by atoms with Gasteiger partial charge in [-0.05, 0) is 134 Å². The average Bonchev–Trinajstić information content (AvgIpc) is 1.62. The summed E-state index contributed by atoms with van der Waals surface area (Å²) in [6.45, 7) is 7.79. The molecule has 0 radical (unpaired) electrons. The first-order valence-corrected chi connectivity index (χ1v) is 50.2. The van der Waals surface area contributed by atoms with Gasteiger partial charge in [0.1, 0.15) is 22.1 Å². The molecule has 12 aromatic carbocycles. The Morgan fingerprint density at radius 1 is 0.319 bits per heavy atom. The average molecular weight is 1940 g/mol. The van der Waals surface area contributed by atoms with Crippen LogP contribution in [-0.2, 0) is 71.5 Å². The summed E-state index contributed by atoms with van der Waals surface area (Å²) in [5, 5.41) is 34.6. The predicted octanol–water partition coefficient (Wildman–Crippen LogP) is 20.2. The second-order valence-electron chi connectivity index (χ2n) is 34.1. The number of carbonyl (C=O) groups is 5. The van der Waals surface area contributed by atoms with Gasteiger partial charge in [0.25, 0.3) is 5.91 Å². The molecular formula is C115H100N18O9S2. The van der Waals surface area contributed by atoms with Gasteiger partial charge in [-0.2, -0.15) is 0 Å². The lowest BCUT2D eigenvalue weighted by atomic mass is 9.99. The molecule has 1 amide bonds. The smallest absolute Gasteiger partial charge is 0.291 e. The van der Waals surface area contributed by atoms with Crippen LogP contribution in [0.5, 0.6) is 0 Å². The molecule has 0 saturated carbocycles. The second kappa shape index (κ2) is 45.2. The maximum atomic E-state index is 13.3. The van der Waals surface area contributed by atoms with Crippen LogP contribution in [0.4, 0.5) is 23.3 Å². The summed E-state index contributed by atoms with van der Waals surface area (Å²) in [6.07, 6.45) is 10.4. The van der Waals surface area contributed by atoms with E-state index in [4.69, 9.17) is 5.73 Å². The third kappa shape index (κ3) is 24.4. The second-order valence-corrected chi connectivity index (χ2v) is 38.2. The number of anilines is 4. The summed E-state index contributed by atoms with van der Waals surface area (Å²) < 4.78 is 53.9. The number of Topliss-reactive ketones (excluding diaryl/α,β-unsaturated/α-hetero) is 4. The van der Waals surface area contributed by atoms with Gasteiger partial charge in [-0.3, -0.25) is 24.0 Å². The zero-order chi connectivity index (χ0) is 100. The molecule has 0 aliphatic rings. The standard InChI is InChI=1S/C29H27N5O3S.C29H25N5O.C29H24N4O2.C28H24N4O3S/c1-38(36,37)24-14-12-21(13-15-24)16-18-30-29(35)28-32-27(31-20-22-8-4-2-5-9-22)26-25(17-19-34(26)33-28)23-10-6-3-7-11-23;1-20(30)23-14-12-21(13-15-23)18-26(35)28-32-29(31-19-22-8-4-2-5-9-22)27-25(16-17-34(27)33-28)24-10-6-3-7-11-24;1-20(34)24-15-9-8-14-23(24)18-26(35)28-31-29(30-19-21-10-4-2-5-11-21)27-25(16-17-33(27)32-28)22-12-6-3-7-13-22;1-36(34,35)23-14-8-11-21(17-23)18-25(33)27-30-28(29-19-20-9-4-2-5-10-20)26-24(15-16-32(26)31-27)22-12-6-3-7-13-22/h2-15,17,19H,16,18,20H2,1H3,(H,30,35)(H,31,32,33);2-17H,1,18-19,30H2,(H,31,32,33);2-17H,18-19H2,1H3,(H,30,31,32);2-17H,18-19H2,1H3,(H,29,30,31). The maximum absolute atomic E-state index is 13.3. The van der Waals surface area contributed by atoms with E-state index in [1.54, 1.807) is 72.7 Å². The summed E-state index contributed by atoms with van der Waals surface area (Å²) in [4.78, 5) is 83.7. The highest BCUT2D eigenvalue weighted by Crippen LogP contribution is 2.36. The molecule has 20 aromatic rings. The summed E-state index contributed by atoms with van der Waals surface area (Å²) in [7, 11) is -6.62. The normalized spacial score (nSPS) is 11.2. The summed E-state index contributed by atoms with van der Waals surface area (Å²) in [5.74, 6) is 1.49. The Morgan fingerprint density at radius 3 is 0.972 bits per heavy atom. The fourth-order valence-corrected chi connectivity index (χ4v) is 17.7. The third-order valence-electron chi connectivity index (χ3n) is 23.7. The lowest BCUT2D eigenvalue weighted by Gasteiger charge is -2.12. The van der Waals surface area contributed by atoms with E-state index in [2.05, 4.69) is 85.6 Å². The van der Waals surface area contributed by atoms with Crippen molar-refractivity contribution in [2.24, 2.45) is 5.73 Å². The van der Waals surface area contributed by atoms with E-state index in [1.807, 2.05) is 310 Å². The van der Waals surface area contributed by atoms with E-state index < -0.39 is 25.6 Å². The summed E-state index contributed by atoms with van der Waals surface area (Å²) in [5.41, 5.74) is 26.2. The molecule has 29 heteroatoms. The van der Waals surface area contributed by atoms with E-state index in [0.29, 0.717) is 84.8 Å². The highest BCUT2D eigenvalue weighted by Gasteiger charge is 2.26.